The van der Waals surface area contributed by atoms with Crippen LogP contribution in [0.1, 0.15) is 37.7 Å². The van der Waals surface area contributed by atoms with Gasteiger partial charge in [0.1, 0.15) is 21.3 Å². The standard InChI is InChI=1S/C24H19Cl2N3O3S2/c25-14-9-10-18(17(26)12-14)32-21-16(22(30)28-11-5-4-8-20(28)27-21)13-19-23(31)29(24(33)34-19)15-6-2-1-3-7-15/h4-5,8-13,15H,1-3,6-7H2/b19-13+. The molecule has 2 aliphatic rings. The minimum Gasteiger partial charge on any atom is -0.437 e. The molecule has 34 heavy (non-hydrogen) atoms. The van der Waals surface area contributed by atoms with Gasteiger partial charge in [0.25, 0.3) is 11.5 Å². The molecule has 0 atom stereocenters. The second-order valence-corrected chi connectivity index (χ2v) is 10.6. The Kier molecular flexibility index (Phi) is 6.66. The summed E-state index contributed by atoms with van der Waals surface area (Å²) in [5.41, 5.74) is 0.173. The van der Waals surface area contributed by atoms with Gasteiger partial charge in [0.2, 0.25) is 5.88 Å². The molecule has 1 aliphatic heterocycles. The van der Waals surface area contributed by atoms with E-state index in [1.807, 2.05) is 0 Å². The third-order valence-corrected chi connectivity index (χ3v) is 7.73. The van der Waals surface area contributed by atoms with Gasteiger partial charge >= 0.3 is 0 Å². The quantitative estimate of drug-likeness (QED) is 0.289. The van der Waals surface area contributed by atoms with E-state index in [1.165, 1.54) is 28.7 Å². The summed E-state index contributed by atoms with van der Waals surface area (Å²) in [5.74, 6) is 0.154. The molecule has 0 N–H and O–H groups in total. The fourth-order valence-electron chi connectivity index (χ4n) is 4.21. The maximum absolute atomic E-state index is 13.4. The summed E-state index contributed by atoms with van der Waals surface area (Å²) in [6.07, 6.45) is 8.35. The molecule has 0 radical (unpaired) electrons. The Bertz CT molecular complexity index is 1400. The summed E-state index contributed by atoms with van der Waals surface area (Å²) in [5, 5.41) is 0.729. The van der Waals surface area contributed by atoms with Crippen LogP contribution >= 0.6 is 47.2 Å². The molecule has 0 unspecified atom stereocenters. The molecule has 10 heteroatoms. The Morgan fingerprint density at radius 3 is 2.68 bits per heavy atom. The Labute approximate surface area is 215 Å². The van der Waals surface area contributed by atoms with E-state index in [0.29, 0.717) is 25.6 Å². The average molecular weight is 532 g/mol. The zero-order chi connectivity index (χ0) is 23.8. The van der Waals surface area contributed by atoms with E-state index >= 15 is 0 Å². The zero-order valence-corrected chi connectivity index (χ0v) is 21.0. The number of thiocarbonyl (C=S) groups is 1. The van der Waals surface area contributed by atoms with Gasteiger partial charge in [0, 0.05) is 17.3 Å². The van der Waals surface area contributed by atoms with E-state index in [9.17, 15) is 9.59 Å². The summed E-state index contributed by atoms with van der Waals surface area (Å²) in [7, 11) is 0. The van der Waals surface area contributed by atoms with Crippen LogP contribution < -0.4 is 10.3 Å². The van der Waals surface area contributed by atoms with Crippen molar-refractivity contribution in [2.75, 3.05) is 0 Å². The summed E-state index contributed by atoms with van der Waals surface area (Å²) in [6.45, 7) is 0. The smallest absolute Gasteiger partial charge is 0.269 e. The summed E-state index contributed by atoms with van der Waals surface area (Å²) in [6, 6.07) is 10.1. The lowest BCUT2D eigenvalue weighted by atomic mass is 9.94. The van der Waals surface area contributed by atoms with Crippen LogP contribution in [0.3, 0.4) is 0 Å². The highest BCUT2D eigenvalue weighted by Gasteiger charge is 2.38. The van der Waals surface area contributed by atoms with Crippen LogP contribution in [-0.4, -0.2) is 30.6 Å². The lowest BCUT2D eigenvalue weighted by molar-refractivity contribution is -0.124. The monoisotopic (exact) mass is 531 g/mol. The number of carbonyl (C=O) groups is 1. The van der Waals surface area contributed by atoms with Gasteiger partial charge in [0.15, 0.2) is 0 Å². The van der Waals surface area contributed by atoms with Crippen molar-refractivity contribution in [3.05, 3.63) is 73.5 Å². The lowest BCUT2D eigenvalue weighted by Gasteiger charge is -2.29. The molecule has 1 saturated carbocycles. The first-order valence-electron chi connectivity index (χ1n) is 10.8. The molecule has 1 aromatic carbocycles. The third kappa shape index (κ3) is 4.47. The van der Waals surface area contributed by atoms with Crippen molar-refractivity contribution in [3.63, 3.8) is 0 Å². The first-order valence-corrected chi connectivity index (χ1v) is 12.8. The van der Waals surface area contributed by atoms with Gasteiger partial charge in [-0.25, -0.2) is 0 Å². The number of rotatable bonds is 4. The van der Waals surface area contributed by atoms with Crippen molar-refractivity contribution in [1.29, 1.82) is 0 Å². The normalized spacial score (nSPS) is 18.3. The number of hydrogen-bond acceptors (Lipinski definition) is 6. The van der Waals surface area contributed by atoms with E-state index in [4.69, 9.17) is 40.2 Å². The number of ether oxygens (including phenoxy) is 1. The molecule has 2 aromatic heterocycles. The van der Waals surface area contributed by atoms with Gasteiger partial charge in [0.05, 0.1) is 9.93 Å². The van der Waals surface area contributed by atoms with Crippen LogP contribution in [0, 0.1) is 0 Å². The molecule has 3 aromatic rings. The molecule has 1 aliphatic carbocycles. The number of aromatic nitrogens is 2. The molecule has 2 fully saturated rings. The number of thioether (sulfide) groups is 1. The minimum absolute atomic E-state index is 0.0448. The van der Waals surface area contributed by atoms with E-state index in [0.717, 1.165) is 25.7 Å². The molecule has 3 heterocycles. The third-order valence-electron chi connectivity index (χ3n) is 5.87. The fourth-order valence-corrected chi connectivity index (χ4v) is 6.04. The molecule has 5 rings (SSSR count). The second-order valence-electron chi connectivity index (χ2n) is 8.08. The number of pyridine rings is 1. The summed E-state index contributed by atoms with van der Waals surface area (Å²) in [4.78, 5) is 33.3. The van der Waals surface area contributed by atoms with E-state index in [-0.39, 0.29) is 34.0 Å². The first-order chi connectivity index (χ1) is 16.4. The highest BCUT2D eigenvalue weighted by molar-refractivity contribution is 8.26. The van der Waals surface area contributed by atoms with Crippen LogP contribution in [0.2, 0.25) is 10.0 Å². The van der Waals surface area contributed by atoms with Crippen molar-refractivity contribution in [2.24, 2.45) is 0 Å². The number of hydrogen-bond donors (Lipinski definition) is 0. The minimum atomic E-state index is -0.367. The largest absolute Gasteiger partial charge is 0.437 e. The van der Waals surface area contributed by atoms with Crippen LogP contribution in [0.4, 0.5) is 0 Å². The van der Waals surface area contributed by atoms with Crippen molar-refractivity contribution in [2.45, 2.75) is 38.1 Å². The number of halogens is 2. The molecule has 6 nitrogen and oxygen atoms in total. The van der Waals surface area contributed by atoms with Crippen LogP contribution in [0.15, 0.2) is 52.3 Å². The number of benzene rings is 1. The van der Waals surface area contributed by atoms with Gasteiger partial charge in [-0.15, -0.1) is 0 Å². The Morgan fingerprint density at radius 2 is 1.91 bits per heavy atom. The molecule has 1 amide bonds. The van der Waals surface area contributed by atoms with Crippen LogP contribution in [-0.2, 0) is 4.79 Å². The maximum Gasteiger partial charge on any atom is 0.269 e. The van der Waals surface area contributed by atoms with Gasteiger partial charge in [-0.1, -0.05) is 72.5 Å². The highest BCUT2D eigenvalue weighted by Crippen LogP contribution is 2.38. The first kappa shape index (κ1) is 23.4. The Balaban J connectivity index is 1.59. The summed E-state index contributed by atoms with van der Waals surface area (Å²) < 4.78 is 7.89. The molecule has 0 bridgehead atoms. The van der Waals surface area contributed by atoms with Gasteiger partial charge in [-0.2, -0.15) is 4.98 Å². The van der Waals surface area contributed by atoms with Crippen LogP contribution in [0.5, 0.6) is 11.6 Å². The number of amides is 1. The lowest BCUT2D eigenvalue weighted by Crippen LogP contribution is -2.39. The Morgan fingerprint density at radius 1 is 1.12 bits per heavy atom. The molecule has 174 valence electrons. The average Bonchev–Trinajstić information content (AvgIpc) is 3.11. The topological polar surface area (TPSA) is 63.9 Å². The van der Waals surface area contributed by atoms with Gasteiger partial charge in [-0.3, -0.25) is 18.9 Å². The van der Waals surface area contributed by atoms with Gasteiger partial charge < -0.3 is 4.74 Å². The van der Waals surface area contributed by atoms with E-state index in [1.54, 1.807) is 47.5 Å². The molecule has 1 saturated heterocycles. The number of carbonyl (C=O) groups excluding carboxylic acids is 1. The number of nitrogens with zero attached hydrogens (tertiary/aromatic N) is 3. The maximum atomic E-state index is 13.4. The number of fused-ring (bicyclic) bond motifs is 1. The van der Waals surface area contributed by atoms with Crippen molar-refractivity contribution in [3.8, 4) is 11.6 Å². The second kappa shape index (κ2) is 9.70. The molecule has 0 spiro atoms. The van der Waals surface area contributed by atoms with Gasteiger partial charge in [-0.05, 0) is 49.2 Å². The van der Waals surface area contributed by atoms with Crippen LogP contribution in [0.25, 0.3) is 11.7 Å². The zero-order valence-electron chi connectivity index (χ0n) is 17.9. The van der Waals surface area contributed by atoms with Crippen molar-refractivity contribution >= 4 is 69.1 Å². The predicted molar refractivity (Wildman–Crippen MR) is 140 cm³/mol. The molecular weight excluding hydrogens is 513 g/mol. The van der Waals surface area contributed by atoms with E-state index in [2.05, 4.69) is 4.98 Å². The predicted octanol–water partition coefficient (Wildman–Crippen LogP) is 6.33. The van der Waals surface area contributed by atoms with Crippen molar-refractivity contribution in [1.82, 2.24) is 14.3 Å². The Hall–Kier alpha value is -2.39. The molecular formula is C24H19Cl2N3O3S2. The fraction of sp³-hybridized carbons (Fsp3) is 0.250. The SMILES string of the molecule is O=C1/C(=C\c2c(Oc3ccc(Cl)cc3Cl)nc3ccccn3c2=O)SC(=S)N1C1CCCCC1. The summed E-state index contributed by atoms with van der Waals surface area (Å²) >= 11 is 19.0. The highest BCUT2D eigenvalue weighted by atomic mass is 35.5. The van der Waals surface area contributed by atoms with E-state index < -0.39 is 0 Å². The van der Waals surface area contributed by atoms with Crippen molar-refractivity contribution < 1.29 is 9.53 Å².